The van der Waals surface area contributed by atoms with Gasteiger partial charge in [-0.1, -0.05) is 44.7 Å². The molecule has 1 aromatic heterocycles. The monoisotopic (exact) mass is 526 g/mol. The normalized spacial score (nSPS) is 18.5. The summed E-state index contributed by atoms with van der Waals surface area (Å²) in [5.74, 6) is 1.18. The highest BCUT2D eigenvalue weighted by Crippen LogP contribution is 2.29. The second kappa shape index (κ2) is 12.3. The zero-order valence-electron chi connectivity index (χ0n) is 22.4. The third kappa shape index (κ3) is 7.23. The molecule has 9 heteroatoms. The van der Waals surface area contributed by atoms with Gasteiger partial charge in [-0.2, -0.15) is 0 Å². The molecule has 0 radical (unpaired) electrons. The van der Waals surface area contributed by atoms with Crippen LogP contribution in [0.5, 0.6) is 0 Å². The number of carbonyl (C=O) groups excluding carboxylic acids is 2. The first kappa shape index (κ1) is 27.4. The van der Waals surface area contributed by atoms with Crippen LogP contribution < -0.4 is 4.90 Å². The molecule has 2 aliphatic heterocycles. The van der Waals surface area contributed by atoms with Gasteiger partial charge in [0.05, 0.1) is 31.4 Å². The lowest BCUT2D eigenvalue weighted by atomic mass is 9.92. The Bertz CT molecular complexity index is 1080. The summed E-state index contributed by atoms with van der Waals surface area (Å²) in [6, 6.07) is 9.82. The minimum atomic E-state index is -0.237. The molecule has 200 valence electrons. The SMILES string of the molecule is CCOC(=O)[C@H]1CCCN(C(=O)c2ccc(CSc3nc(N4CCOCC4)cc(C(C)(C)C)n3)cc2)C1. The van der Waals surface area contributed by atoms with Gasteiger partial charge < -0.3 is 19.3 Å². The number of carbonyl (C=O) groups is 2. The van der Waals surface area contributed by atoms with Crippen molar-refractivity contribution in [1.29, 1.82) is 0 Å². The number of piperidine rings is 1. The predicted molar refractivity (Wildman–Crippen MR) is 145 cm³/mol. The van der Waals surface area contributed by atoms with Crippen LogP contribution in [0.2, 0.25) is 0 Å². The largest absolute Gasteiger partial charge is 0.466 e. The molecule has 2 fully saturated rings. The molecule has 2 aliphatic rings. The summed E-state index contributed by atoms with van der Waals surface area (Å²) in [5, 5.41) is 0.757. The quantitative estimate of drug-likeness (QED) is 0.300. The first-order valence-electron chi connectivity index (χ1n) is 13.1. The topological polar surface area (TPSA) is 84.9 Å². The van der Waals surface area contributed by atoms with E-state index in [1.165, 1.54) is 0 Å². The van der Waals surface area contributed by atoms with E-state index in [0.717, 1.165) is 48.2 Å². The number of benzene rings is 1. The number of esters is 1. The third-order valence-corrected chi connectivity index (χ3v) is 7.61. The van der Waals surface area contributed by atoms with Gasteiger partial charge in [0.25, 0.3) is 5.91 Å². The zero-order valence-corrected chi connectivity index (χ0v) is 23.2. The number of amides is 1. The first-order chi connectivity index (χ1) is 17.7. The van der Waals surface area contributed by atoms with E-state index in [0.29, 0.717) is 44.2 Å². The highest BCUT2D eigenvalue weighted by molar-refractivity contribution is 7.98. The lowest BCUT2D eigenvalue weighted by molar-refractivity contribution is -0.149. The summed E-state index contributed by atoms with van der Waals surface area (Å²) in [5.41, 5.74) is 2.68. The fraction of sp³-hybridized carbons (Fsp3) is 0.571. The average Bonchev–Trinajstić information content (AvgIpc) is 2.92. The van der Waals surface area contributed by atoms with Crippen LogP contribution in [0.4, 0.5) is 5.82 Å². The smallest absolute Gasteiger partial charge is 0.310 e. The van der Waals surface area contributed by atoms with Gasteiger partial charge in [0, 0.05) is 49.0 Å². The number of nitrogens with zero attached hydrogens (tertiary/aromatic N) is 4. The highest BCUT2D eigenvalue weighted by Gasteiger charge is 2.30. The fourth-order valence-corrected chi connectivity index (χ4v) is 5.31. The Morgan fingerprint density at radius 2 is 1.84 bits per heavy atom. The highest BCUT2D eigenvalue weighted by atomic mass is 32.2. The molecule has 1 amide bonds. The van der Waals surface area contributed by atoms with Crippen molar-refractivity contribution in [3.05, 3.63) is 47.2 Å². The van der Waals surface area contributed by atoms with E-state index < -0.39 is 0 Å². The van der Waals surface area contributed by atoms with E-state index in [-0.39, 0.29) is 23.2 Å². The number of ether oxygens (including phenoxy) is 2. The molecule has 8 nitrogen and oxygen atoms in total. The molecular formula is C28H38N4O4S. The molecule has 1 aromatic carbocycles. The van der Waals surface area contributed by atoms with Crippen LogP contribution in [0, 0.1) is 5.92 Å². The number of morpholine rings is 1. The molecule has 3 heterocycles. The van der Waals surface area contributed by atoms with Gasteiger partial charge >= 0.3 is 5.97 Å². The van der Waals surface area contributed by atoms with Gasteiger partial charge in [-0.05, 0) is 37.5 Å². The van der Waals surface area contributed by atoms with Gasteiger partial charge in [0.1, 0.15) is 5.82 Å². The molecule has 0 N–H and O–H groups in total. The first-order valence-corrected chi connectivity index (χ1v) is 14.1. The Labute approximate surface area is 224 Å². The summed E-state index contributed by atoms with van der Waals surface area (Å²) in [4.78, 5) is 38.9. The van der Waals surface area contributed by atoms with Crippen LogP contribution in [-0.2, 0) is 25.4 Å². The molecule has 2 aromatic rings. The number of hydrogen-bond donors (Lipinski definition) is 0. The van der Waals surface area contributed by atoms with Crippen LogP contribution in [0.15, 0.2) is 35.5 Å². The molecular weight excluding hydrogens is 488 g/mol. The third-order valence-electron chi connectivity index (χ3n) is 6.69. The van der Waals surface area contributed by atoms with Crippen LogP contribution in [0.3, 0.4) is 0 Å². The maximum absolute atomic E-state index is 13.1. The molecule has 1 atom stereocenters. The van der Waals surface area contributed by atoms with Crippen molar-refractivity contribution in [2.75, 3.05) is 50.9 Å². The van der Waals surface area contributed by atoms with E-state index in [9.17, 15) is 9.59 Å². The van der Waals surface area contributed by atoms with Crippen molar-refractivity contribution in [3.63, 3.8) is 0 Å². The Hall–Kier alpha value is -2.65. The van der Waals surface area contributed by atoms with E-state index in [1.54, 1.807) is 23.6 Å². The summed E-state index contributed by atoms with van der Waals surface area (Å²) < 4.78 is 10.7. The van der Waals surface area contributed by atoms with Crippen molar-refractivity contribution in [1.82, 2.24) is 14.9 Å². The van der Waals surface area contributed by atoms with E-state index in [4.69, 9.17) is 19.4 Å². The van der Waals surface area contributed by atoms with Crippen molar-refractivity contribution < 1.29 is 19.1 Å². The predicted octanol–water partition coefficient (Wildman–Crippen LogP) is 4.32. The van der Waals surface area contributed by atoms with Gasteiger partial charge in [-0.25, -0.2) is 9.97 Å². The summed E-state index contributed by atoms with van der Waals surface area (Å²) in [6.45, 7) is 12.8. The van der Waals surface area contributed by atoms with Crippen LogP contribution in [0.1, 0.15) is 62.2 Å². The Balaban J connectivity index is 1.40. The van der Waals surface area contributed by atoms with Gasteiger partial charge in [0.15, 0.2) is 5.16 Å². The molecule has 2 saturated heterocycles. The van der Waals surface area contributed by atoms with Gasteiger partial charge in [0.2, 0.25) is 0 Å². The van der Waals surface area contributed by atoms with Crippen molar-refractivity contribution in [2.45, 2.75) is 56.9 Å². The number of likely N-dealkylation sites (tertiary alicyclic amines) is 1. The maximum atomic E-state index is 13.1. The number of thioether (sulfide) groups is 1. The standard InChI is InChI=1S/C28H38N4O4S/c1-5-36-26(34)22-7-6-12-32(18-22)25(33)21-10-8-20(9-11-21)19-37-27-29-23(28(2,3)4)17-24(30-27)31-13-15-35-16-14-31/h8-11,17,22H,5-7,12-16,18-19H2,1-4H3/t22-/m0/s1. The van der Waals surface area contributed by atoms with E-state index >= 15 is 0 Å². The van der Waals surface area contributed by atoms with Crippen molar-refractivity contribution in [3.8, 4) is 0 Å². The number of rotatable bonds is 7. The summed E-state index contributed by atoms with van der Waals surface area (Å²) >= 11 is 1.61. The van der Waals surface area contributed by atoms with Gasteiger partial charge in [-0.3, -0.25) is 9.59 Å². The number of aromatic nitrogens is 2. The Morgan fingerprint density at radius 3 is 2.51 bits per heavy atom. The van der Waals surface area contributed by atoms with E-state index in [2.05, 4.69) is 31.7 Å². The minimum absolute atomic E-state index is 0.0374. The molecule has 0 unspecified atom stereocenters. The number of anilines is 1. The van der Waals surface area contributed by atoms with Crippen LogP contribution >= 0.6 is 11.8 Å². The van der Waals surface area contributed by atoms with Crippen molar-refractivity contribution in [2.24, 2.45) is 5.92 Å². The Kier molecular flexibility index (Phi) is 9.08. The maximum Gasteiger partial charge on any atom is 0.310 e. The number of hydrogen-bond acceptors (Lipinski definition) is 8. The van der Waals surface area contributed by atoms with Gasteiger partial charge in [-0.15, -0.1) is 0 Å². The fourth-order valence-electron chi connectivity index (χ4n) is 4.50. The second-order valence-electron chi connectivity index (χ2n) is 10.6. The zero-order chi connectivity index (χ0) is 26.4. The molecule has 4 rings (SSSR count). The lowest BCUT2D eigenvalue weighted by Gasteiger charge is -2.31. The molecule has 37 heavy (non-hydrogen) atoms. The molecule has 0 bridgehead atoms. The average molecular weight is 527 g/mol. The van der Waals surface area contributed by atoms with Crippen molar-refractivity contribution >= 4 is 29.5 Å². The van der Waals surface area contributed by atoms with Crippen LogP contribution in [0.25, 0.3) is 0 Å². The summed E-state index contributed by atoms with van der Waals surface area (Å²) in [7, 11) is 0. The lowest BCUT2D eigenvalue weighted by Crippen LogP contribution is -2.42. The Morgan fingerprint density at radius 1 is 1.11 bits per heavy atom. The van der Waals surface area contributed by atoms with Crippen LogP contribution in [-0.4, -0.2) is 72.7 Å². The summed E-state index contributed by atoms with van der Waals surface area (Å²) in [6.07, 6.45) is 1.58. The van der Waals surface area contributed by atoms with E-state index in [1.807, 2.05) is 24.3 Å². The molecule has 0 saturated carbocycles. The molecule has 0 aliphatic carbocycles. The molecule has 0 spiro atoms. The second-order valence-corrected chi connectivity index (χ2v) is 11.5. The minimum Gasteiger partial charge on any atom is -0.466 e.